The van der Waals surface area contributed by atoms with Gasteiger partial charge < -0.3 is 15.6 Å². The van der Waals surface area contributed by atoms with E-state index in [0.717, 1.165) is 6.07 Å². The van der Waals surface area contributed by atoms with Crippen LogP contribution in [0.25, 0.3) is 0 Å². The van der Waals surface area contributed by atoms with E-state index in [1.165, 1.54) is 31.4 Å². The van der Waals surface area contributed by atoms with E-state index in [-0.39, 0.29) is 27.0 Å². The monoisotopic (exact) mass is 328 g/mol. The average Bonchev–Trinajstić information content (AvgIpc) is 2.44. The molecule has 0 unspecified atom stereocenters. The summed E-state index contributed by atoms with van der Waals surface area (Å²) in [6, 6.07) is 8.19. The Hall–Kier alpha value is -2.12. The maximum absolute atomic E-state index is 12.3. The van der Waals surface area contributed by atoms with Gasteiger partial charge in [0.1, 0.15) is 11.5 Å². The maximum atomic E-state index is 12.3. The van der Waals surface area contributed by atoms with Crippen molar-refractivity contribution < 1.29 is 18.3 Å². The molecule has 2 aromatic rings. The highest BCUT2D eigenvalue weighted by Gasteiger charge is 2.17. The summed E-state index contributed by atoms with van der Waals surface area (Å²) >= 11 is 5.96. The molecule has 0 heterocycles. The van der Waals surface area contributed by atoms with Gasteiger partial charge in [-0.15, -0.1) is 0 Å². The van der Waals surface area contributed by atoms with E-state index in [4.69, 9.17) is 22.1 Å². The Kier molecular flexibility index (Phi) is 4.15. The van der Waals surface area contributed by atoms with Crippen molar-refractivity contribution in [1.82, 2.24) is 0 Å². The topological polar surface area (TPSA) is 102 Å². The van der Waals surface area contributed by atoms with Crippen LogP contribution in [0.3, 0.4) is 0 Å². The van der Waals surface area contributed by atoms with Crippen molar-refractivity contribution in [2.45, 2.75) is 4.90 Å². The Morgan fingerprint density at radius 1 is 1.24 bits per heavy atom. The summed E-state index contributed by atoms with van der Waals surface area (Å²) in [5.74, 6) is 0.274. The highest BCUT2D eigenvalue weighted by molar-refractivity contribution is 7.92. The minimum absolute atomic E-state index is 0.0328. The number of benzene rings is 2. The van der Waals surface area contributed by atoms with Crippen molar-refractivity contribution in [3.05, 3.63) is 41.4 Å². The first-order valence-corrected chi connectivity index (χ1v) is 7.64. The van der Waals surface area contributed by atoms with Crippen molar-refractivity contribution in [3.63, 3.8) is 0 Å². The number of nitrogens with one attached hydrogen (secondary N) is 1. The highest BCUT2D eigenvalue weighted by Crippen LogP contribution is 2.30. The summed E-state index contributed by atoms with van der Waals surface area (Å²) in [5.41, 5.74) is 5.65. The smallest absolute Gasteiger partial charge is 0.262 e. The molecular formula is C13H13ClN2O4S. The Bertz CT molecular complexity index is 778. The number of phenolic OH excluding ortho intramolecular Hbond substituents is 1. The van der Waals surface area contributed by atoms with Gasteiger partial charge in [-0.3, -0.25) is 4.72 Å². The minimum Gasteiger partial charge on any atom is -0.506 e. The summed E-state index contributed by atoms with van der Waals surface area (Å²) in [5, 5.41) is 9.56. The lowest BCUT2D eigenvalue weighted by Gasteiger charge is -2.11. The third-order valence-corrected chi connectivity index (χ3v) is 4.42. The van der Waals surface area contributed by atoms with Crippen molar-refractivity contribution in [3.8, 4) is 11.5 Å². The van der Waals surface area contributed by atoms with E-state index in [1.54, 1.807) is 6.07 Å². The van der Waals surface area contributed by atoms with Gasteiger partial charge in [0, 0.05) is 6.07 Å². The normalized spacial score (nSPS) is 11.1. The quantitative estimate of drug-likeness (QED) is 0.591. The molecule has 0 fully saturated rings. The molecule has 0 aliphatic heterocycles. The SMILES string of the molecule is COc1ccc(Cl)c(NS(=O)(=O)c2ccc(O)c(N)c2)c1. The largest absolute Gasteiger partial charge is 0.506 e. The predicted molar refractivity (Wildman–Crippen MR) is 81.3 cm³/mol. The second-order valence-electron chi connectivity index (χ2n) is 4.17. The highest BCUT2D eigenvalue weighted by atomic mass is 35.5. The number of phenols is 1. The van der Waals surface area contributed by atoms with Gasteiger partial charge in [0.05, 0.1) is 28.4 Å². The van der Waals surface area contributed by atoms with Crippen LogP contribution in [0.4, 0.5) is 11.4 Å². The predicted octanol–water partition coefficient (Wildman–Crippen LogP) is 2.44. The molecule has 0 aliphatic carbocycles. The maximum Gasteiger partial charge on any atom is 0.262 e. The lowest BCUT2D eigenvalue weighted by molar-refractivity contribution is 0.415. The van der Waals surface area contributed by atoms with Crippen molar-refractivity contribution in [2.24, 2.45) is 0 Å². The second kappa shape index (κ2) is 5.71. The van der Waals surface area contributed by atoms with Crippen LogP contribution >= 0.6 is 11.6 Å². The molecular weight excluding hydrogens is 316 g/mol. The Morgan fingerprint density at radius 2 is 1.95 bits per heavy atom. The van der Waals surface area contributed by atoms with Crippen LogP contribution in [0.1, 0.15) is 0 Å². The van der Waals surface area contributed by atoms with Crippen LogP contribution in [0.15, 0.2) is 41.3 Å². The molecule has 0 bridgehead atoms. The molecule has 0 aromatic heterocycles. The van der Waals surface area contributed by atoms with Gasteiger partial charge in [0.25, 0.3) is 10.0 Å². The number of sulfonamides is 1. The number of hydrogen-bond acceptors (Lipinski definition) is 5. The summed E-state index contributed by atoms with van der Waals surface area (Å²) in [6.45, 7) is 0. The van der Waals surface area contributed by atoms with Gasteiger partial charge in [-0.05, 0) is 30.3 Å². The number of hydrogen-bond donors (Lipinski definition) is 3. The molecule has 4 N–H and O–H groups in total. The summed E-state index contributed by atoms with van der Waals surface area (Å²) in [7, 11) is -2.42. The zero-order valence-corrected chi connectivity index (χ0v) is 12.6. The van der Waals surface area contributed by atoms with E-state index < -0.39 is 10.0 Å². The number of ether oxygens (including phenoxy) is 1. The number of nitrogens with two attached hydrogens (primary N) is 1. The van der Waals surface area contributed by atoms with E-state index in [9.17, 15) is 13.5 Å². The van der Waals surface area contributed by atoms with E-state index in [0.29, 0.717) is 5.75 Å². The van der Waals surface area contributed by atoms with Crippen LogP contribution in [-0.2, 0) is 10.0 Å². The zero-order valence-electron chi connectivity index (χ0n) is 11.0. The van der Waals surface area contributed by atoms with Gasteiger partial charge >= 0.3 is 0 Å². The molecule has 6 nitrogen and oxygen atoms in total. The summed E-state index contributed by atoms with van der Waals surface area (Å²) in [4.78, 5) is -0.0864. The standard InChI is InChI=1S/C13H13ClN2O4S/c1-20-8-2-4-10(14)12(6-8)16-21(18,19)9-3-5-13(17)11(15)7-9/h2-7,16-17H,15H2,1H3. The Morgan fingerprint density at radius 3 is 2.57 bits per heavy atom. The van der Waals surface area contributed by atoms with Gasteiger partial charge in [-0.1, -0.05) is 11.6 Å². The first kappa shape index (κ1) is 15.3. The molecule has 2 rings (SSSR count). The fourth-order valence-corrected chi connectivity index (χ4v) is 2.94. The number of methoxy groups -OCH3 is 1. The van der Waals surface area contributed by atoms with E-state index >= 15 is 0 Å². The number of anilines is 2. The van der Waals surface area contributed by atoms with E-state index in [1.807, 2.05) is 0 Å². The number of rotatable bonds is 4. The lowest BCUT2D eigenvalue weighted by atomic mass is 10.3. The van der Waals surface area contributed by atoms with Gasteiger partial charge in [0.2, 0.25) is 0 Å². The molecule has 8 heteroatoms. The summed E-state index contributed by atoms with van der Waals surface area (Å²) in [6.07, 6.45) is 0. The minimum atomic E-state index is -3.88. The number of halogens is 1. The fraction of sp³-hybridized carbons (Fsp3) is 0.0769. The van der Waals surface area contributed by atoms with Gasteiger partial charge in [-0.2, -0.15) is 0 Å². The zero-order chi connectivity index (χ0) is 15.6. The molecule has 0 radical (unpaired) electrons. The number of aromatic hydroxyl groups is 1. The molecule has 0 atom stereocenters. The van der Waals surface area contributed by atoms with Crippen molar-refractivity contribution in [1.29, 1.82) is 0 Å². The first-order chi connectivity index (χ1) is 9.83. The molecule has 112 valence electrons. The molecule has 0 spiro atoms. The fourth-order valence-electron chi connectivity index (χ4n) is 1.61. The first-order valence-electron chi connectivity index (χ1n) is 5.78. The number of nitrogen functional groups attached to an aromatic ring is 1. The lowest BCUT2D eigenvalue weighted by Crippen LogP contribution is -2.13. The second-order valence-corrected chi connectivity index (χ2v) is 6.26. The third-order valence-electron chi connectivity index (χ3n) is 2.73. The van der Waals surface area contributed by atoms with Crippen LogP contribution in [0, 0.1) is 0 Å². The summed E-state index contributed by atoms with van der Waals surface area (Å²) < 4.78 is 31.9. The Labute approximate surface area is 127 Å². The van der Waals surface area contributed by atoms with Crippen molar-refractivity contribution >= 4 is 33.0 Å². The average molecular weight is 329 g/mol. The third kappa shape index (κ3) is 3.32. The molecule has 0 saturated heterocycles. The molecule has 21 heavy (non-hydrogen) atoms. The van der Waals surface area contributed by atoms with E-state index in [2.05, 4.69) is 4.72 Å². The molecule has 0 amide bonds. The van der Waals surface area contributed by atoms with Crippen LogP contribution in [0.5, 0.6) is 11.5 Å². The Balaban J connectivity index is 2.39. The molecule has 0 aliphatic rings. The molecule has 2 aromatic carbocycles. The van der Waals surface area contributed by atoms with Gasteiger partial charge in [0.15, 0.2) is 0 Å². The molecule has 0 saturated carbocycles. The van der Waals surface area contributed by atoms with Gasteiger partial charge in [-0.25, -0.2) is 8.42 Å². The van der Waals surface area contributed by atoms with Crippen LogP contribution < -0.4 is 15.2 Å². The van der Waals surface area contributed by atoms with Crippen LogP contribution in [-0.4, -0.2) is 20.6 Å². The van der Waals surface area contributed by atoms with Crippen molar-refractivity contribution in [2.75, 3.05) is 17.6 Å². The van der Waals surface area contributed by atoms with Crippen LogP contribution in [0.2, 0.25) is 5.02 Å².